The van der Waals surface area contributed by atoms with Gasteiger partial charge in [0.05, 0.1) is 23.9 Å². The van der Waals surface area contributed by atoms with Gasteiger partial charge in [0, 0.05) is 11.6 Å². The molecule has 1 heterocycles. The molecule has 0 bridgehead atoms. The number of aromatic nitrogens is 1. The Bertz CT molecular complexity index is 615. The zero-order chi connectivity index (χ0) is 13.8. The van der Waals surface area contributed by atoms with Crippen LogP contribution < -0.4 is 0 Å². The van der Waals surface area contributed by atoms with Crippen molar-refractivity contribution in [3.8, 4) is 0 Å². The summed E-state index contributed by atoms with van der Waals surface area (Å²) >= 11 is 0. The second-order valence-corrected chi connectivity index (χ2v) is 5.21. The van der Waals surface area contributed by atoms with Gasteiger partial charge in [0.15, 0.2) is 0 Å². The van der Waals surface area contributed by atoms with Gasteiger partial charge in [0.25, 0.3) is 0 Å². The molecule has 4 heteroatoms. The van der Waals surface area contributed by atoms with Crippen LogP contribution in [0.5, 0.6) is 0 Å². The fraction of sp³-hybridized carbons (Fsp3) is 0.375. The van der Waals surface area contributed by atoms with Gasteiger partial charge < -0.3 is 9.94 Å². The van der Waals surface area contributed by atoms with E-state index < -0.39 is 0 Å². The van der Waals surface area contributed by atoms with Gasteiger partial charge in [0.2, 0.25) is 0 Å². The summed E-state index contributed by atoms with van der Waals surface area (Å²) in [5, 5.41) is 13.2. The van der Waals surface area contributed by atoms with E-state index in [-0.39, 0.29) is 6.10 Å². The minimum atomic E-state index is 0.269. The van der Waals surface area contributed by atoms with E-state index in [1.807, 2.05) is 12.1 Å². The van der Waals surface area contributed by atoms with Gasteiger partial charge in [-0.3, -0.25) is 4.98 Å². The molecule has 0 spiro atoms. The third-order valence-corrected chi connectivity index (χ3v) is 3.80. The quantitative estimate of drug-likeness (QED) is 0.685. The van der Waals surface area contributed by atoms with Crippen LogP contribution in [-0.2, 0) is 11.3 Å². The lowest BCUT2D eigenvalue weighted by Crippen LogP contribution is -2.21. The maximum Gasteiger partial charge on any atom is 0.0720 e. The molecule has 104 valence electrons. The van der Waals surface area contributed by atoms with Gasteiger partial charge in [-0.15, -0.1) is 0 Å². The monoisotopic (exact) mass is 270 g/mol. The standard InChI is InChI=1S/C16H18N2O2/c19-18-14-4-6-15(7-5-14)20-11-12-3-8-16-13(10-12)2-1-9-17-16/h1-3,8-10,15,19H,4-7,11H2. The van der Waals surface area contributed by atoms with Crippen LogP contribution >= 0.6 is 0 Å². The predicted molar refractivity (Wildman–Crippen MR) is 78.0 cm³/mol. The maximum atomic E-state index is 8.73. The number of benzene rings is 1. The number of hydrogen-bond donors (Lipinski definition) is 1. The fourth-order valence-corrected chi connectivity index (χ4v) is 2.62. The first-order valence-electron chi connectivity index (χ1n) is 7.00. The highest BCUT2D eigenvalue weighted by Gasteiger charge is 2.18. The van der Waals surface area contributed by atoms with Crippen molar-refractivity contribution in [2.75, 3.05) is 0 Å². The Kier molecular flexibility index (Phi) is 3.92. The molecule has 1 aromatic heterocycles. The number of rotatable bonds is 3. The molecule has 1 saturated carbocycles. The molecule has 0 aliphatic heterocycles. The molecule has 2 aromatic rings. The largest absolute Gasteiger partial charge is 0.411 e. The zero-order valence-electron chi connectivity index (χ0n) is 11.3. The summed E-state index contributed by atoms with van der Waals surface area (Å²) in [5.74, 6) is 0. The van der Waals surface area contributed by atoms with Crippen molar-refractivity contribution in [3.05, 3.63) is 42.1 Å². The molecule has 0 unspecified atom stereocenters. The van der Waals surface area contributed by atoms with Crippen molar-refractivity contribution in [3.63, 3.8) is 0 Å². The smallest absolute Gasteiger partial charge is 0.0720 e. The molecule has 0 amide bonds. The first kappa shape index (κ1) is 13.1. The van der Waals surface area contributed by atoms with Crippen molar-refractivity contribution >= 4 is 16.6 Å². The van der Waals surface area contributed by atoms with Crippen LogP contribution in [0.4, 0.5) is 0 Å². The van der Waals surface area contributed by atoms with Gasteiger partial charge in [0.1, 0.15) is 0 Å². The maximum absolute atomic E-state index is 8.73. The summed E-state index contributed by atoms with van der Waals surface area (Å²) in [5.41, 5.74) is 3.08. The summed E-state index contributed by atoms with van der Waals surface area (Å²) in [6.45, 7) is 0.626. The molecule has 1 N–H and O–H groups in total. The third-order valence-electron chi connectivity index (χ3n) is 3.80. The highest BCUT2D eigenvalue weighted by atomic mass is 16.5. The summed E-state index contributed by atoms with van der Waals surface area (Å²) in [4.78, 5) is 4.31. The topological polar surface area (TPSA) is 54.7 Å². The van der Waals surface area contributed by atoms with E-state index in [9.17, 15) is 0 Å². The second-order valence-electron chi connectivity index (χ2n) is 5.21. The molecule has 20 heavy (non-hydrogen) atoms. The Morgan fingerprint density at radius 3 is 2.90 bits per heavy atom. The molecule has 4 nitrogen and oxygen atoms in total. The van der Waals surface area contributed by atoms with Crippen molar-refractivity contribution in [2.24, 2.45) is 5.16 Å². The Hall–Kier alpha value is -1.94. The predicted octanol–water partition coefficient (Wildman–Crippen LogP) is 3.52. The van der Waals surface area contributed by atoms with E-state index in [1.165, 1.54) is 5.56 Å². The Labute approximate surface area is 118 Å². The summed E-state index contributed by atoms with van der Waals surface area (Å²) in [6.07, 6.45) is 5.63. The molecule has 1 aliphatic rings. The number of ether oxygens (including phenoxy) is 1. The lowest BCUT2D eigenvalue weighted by atomic mass is 9.96. The molecule has 3 rings (SSSR count). The average Bonchev–Trinajstić information content (AvgIpc) is 2.53. The molecule has 0 radical (unpaired) electrons. The van der Waals surface area contributed by atoms with E-state index in [0.717, 1.165) is 42.3 Å². The van der Waals surface area contributed by atoms with Crippen molar-refractivity contribution in [1.82, 2.24) is 4.98 Å². The van der Waals surface area contributed by atoms with Crippen LogP contribution in [0.15, 0.2) is 41.7 Å². The number of hydrogen-bond acceptors (Lipinski definition) is 4. The van der Waals surface area contributed by atoms with E-state index in [0.29, 0.717) is 6.61 Å². The lowest BCUT2D eigenvalue weighted by molar-refractivity contribution is 0.0278. The van der Waals surface area contributed by atoms with Crippen LogP contribution in [-0.4, -0.2) is 22.0 Å². The zero-order valence-corrected chi connectivity index (χ0v) is 11.3. The van der Waals surface area contributed by atoms with Gasteiger partial charge in [-0.25, -0.2) is 0 Å². The number of nitrogens with zero attached hydrogens (tertiary/aromatic N) is 2. The normalized spacial score (nSPS) is 19.2. The number of fused-ring (bicyclic) bond motifs is 1. The highest BCUT2D eigenvalue weighted by molar-refractivity contribution is 5.84. The van der Waals surface area contributed by atoms with Gasteiger partial charge in [-0.1, -0.05) is 17.3 Å². The van der Waals surface area contributed by atoms with E-state index in [4.69, 9.17) is 9.94 Å². The summed E-state index contributed by atoms with van der Waals surface area (Å²) in [7, 11) is 0. The first-order valence-corrected chi connectivity index (χ1v) is 7.00. The van der Waals surface area contributed by atoms with Gasteiger partial charge in [-0.05, 0) is 49.4 Å². The molecule has 0 saturated heterocycles. The molecular weight excluding hydrogens is 252 g/mol. The number of oxime groups is 1. The molecule has 1 fully saturated rings. The first-order chi connectivity index (χ1) is 9.85. The molecular formula is C16H18N2O2. The molecule has 0 atom stereocenters. The van der Waals surface area contributed by atoms with E-state index in [2.05, 4.69) is 28.3 Å². The van der Waals surface area contributed by atoms with Crippen LogP contribution in [0.3, 0.4) is 0 Å². The van der Waals surface area contributed by atoms with Crippen LogP contribution in [0.1, 0.15) is 31.2 Å². The van der Waals surface area contributed by atoms with Crippen LogP contribution in [0.2, 0.25) is 0 Å². The number of pyridine rings is 1. The lowest BCUT2D eigenvalue weighted by Gasteiger charge is -2.22. The van der Waals surface area contributed by atoms with Crippen LogP contribution in [0, 0.1) is 0 Å². The second kappa shape index (κ2) is 6.01. The average molecular weight is 270 g/mol. The Balaban J connectivity index is 1.60. The van der Waals surface area contributed by atoms with Crippen molar-refractivity contribution in [2.45, 2.75) is 38.4 Å². The Morgan fingerprint density at radius 1 is 1.25 bits per heavy atom. The molecule has 1 aliphatic carbocycles. The highest BCUT2D eigenvalue weighted by Crippen LogP contribution is 2.21. The summed E-state index contributed by atoms with van der Waals surface area (Å²) < 4.78 is 5.95. The molecule has 1 aromatic carbocycles. The summed E-state index contributed by atoms with van der Waals surface area (Å²) in [6, 6.07) is 10.2. The minimum Gasteiger partial charge on any atom is -0.411 e. The SMILES string of the molecule is ON=C1CCC(OCc2ccc3ncccc3c2)CC1. The van der Waals surface area contributed by atoms with Crippen molar-refractivity contribution < 1.29 is 9.94 Å². The van der Waals surface area contributed by atoms with Gasteiger partial charge >= 0.3 is 0 Å². The van der Waals surface area contributed by atoms with Crippen LogP contribution in [0.25, 0.3) is 10.9 Å². The minimum absolute atomic E-state index is 0.269. The van der Waals surface area contributed by atoms with E-state index in [1.54, 1.807) is 6.20 Å². The van der Waals surface area contributed by atoms with E-state index >= 15 is 0 Å². The Morgan fingerprint density at radius 2 is 2.10 bits per heavy atom. The van der Waals surface area contributed by atoms with Crippen molar-refractivity contribution in [1.29, 1.82) is 0 Å². The fourth-order valence-electron chi connectivity index (χ4n) is 2.62. The van der Waals surface area contributed by atoms with Gasteiger partial charge in [-0.2, -0.15) is 0 Å². The third kappa shape index (κ3) is 2.96.